The maximum absolute atomic E-state index is 13.7. The van der Waals surface area contributed by atoms with Crippen molar-refractivity contribution in [2.75, 3.05) is 31.5 Å². The second-order valence-corrected chi connectivity index (χ2v) is 12.5. The lowest BCUT2D eigenvalue weighted by Crippen LogP contribution is -2.59. The van der Waals surface area contributed by atoms with E-state index in [2.05, 4.69) is 25.9 Å². The average Bonchev–Trinajstić information content (AvgIpc) is 3.49. The number of piperazine rings is 1. The molecule has 0 radical (unpaired) electrons. The van der Waals surface area contributed by atoms with Crippen LogP contribution in [0.4, 0.5) is 5.69 Å². The second kappa shape index (κ2) is 14.8. The summed E-state index contributed by atoms with van der Waals surface area (Å²) < 4.78 is 1.50. The van der Waals surface area contributed by atoms with Crippen molar-refractivity contribution in [3.05, 3.63) is 47.8 Å². The Morgan fingerprint density at radius 2 is 1.66 bits per heavy atom. The molecule has 0 bridgehead atoms. The van der Waals surface area contributed by atoms with E-state index in [1.54, 1.807) is 26.2 Å². The first-order valence-corrected chi connectivity index (χ1v) is 16.3. The lowest BCUT2D eigenvalue weighted by atomic mass is 9.83. The maximum Gasteiger partial charge on any atom is 0.270 e. The maximum atomic E-state index is 13.7. The van der Waals surface area contributed by atoms with Crippen LogP contribution >= 0.6 is 0 Å². The fourth-order valence-electron chi connectivity index (χ4n) is 6.93. The number of anilines is 1. The molecule has 4 amide bonds. The van der Waals surface area contributed by atoms with Crippen molar-refractivity contribution < 1.29 is 19.2 Å². The van der Waals surface area contributed by atoms with E-state index in [-0.39, 0.29) is 29.5 Å². The summed E-state index contributed by atoms with van der Waals surface area (Å²) in [5.41, 5.74) is 1.91. The number of hydrogen-bond acceptors (Lipinski definition) is 6. The molecule has 3 heterocycles. The van der Waals surface area contributed by atoms with Gasteiger partial charge in [-0.2, -0.15) is 5.10 Å². The summed E-state index contributed by atoms with van der Waals surface area (Å²) in [6, 6.07) is 8.15. The molecule has 1 aliphatic carbocycles. The Balaban J connectivity index is 1.24. The number of amides is 4. The Morgan fingerprint density at radius 1 is 0.909 bits per heavy atom. The minimum absolute atomic E-state index is 0.0334. The summed E-state index contributed by atoms with van der Waals surface area (Å²) in [5, 5.41) is 13.0. The summed E-state index contributed by atoms with van der Waals surface area (Å²) in [6.07, 6.45) is 10.8. The van der Waals surface area contributed by atoms with E-state index in [1.807, 2.05) is 29.2 Å². The number of piperidine rings is 1. The highest BCUT2D eigenvalue weighted by molar-refractivity contribution is 6.00. The van der Waals surface area contributed by atoms with Crippen LogP contribution in [0.5, 0.6) is 0 Å². The number of carbonyl (C=O) groups excluding carboxylic acids is 4. The molecule has 11 heteroatoms. The van der Waals surface area contributed by atoms with Crippen molar-refractivity contribution >= 4 is 29.3 Å². The highest BCUT2D eigenvalue weighted by Gasteiger charge is 2.35. The van der Waals surface area contributed by atoms with E-state index < -0.39 is 12.1 Å². The van der Waals surface area contributed by atoms with E-state index in [1.165, 1.54) is 17.5 Å². The lowest BCUT2D eigenvalue weighted by Gasteiger charge is -2.44. The van der Waals surface area contributed by atoms with Gasteiger partial charge in [0.2, 0.25) is 17.7 Å². The van der Waals surface area contributed by atoms with Gasteiger partial charge in [-0.1, -0.05) is 44.7 Å². The third-order valence-electron chi connectivity index (χ3n) is 9.51. The quantitative estimate of drug-likeness (QED) is 0.382. The largest absolute Gasteiger partial charge is 0.344 e. The van der Waals surface area contributed by atoms with Gasteiger partial charge in [0.15, 0.2) is 0 Å². The molecule has 2 aliphatic heterocycles. The molecule has 11 nitrogen and oxygen atoms in total. The van der Waals surface area contributed by atoms with Crippen molar-refractivity contribution in [3.63, 3.8) is 0 Å². The molecule has 3 N–H and O–H groups in total. The molecule has 1 aromatic heterocycles. The van der Waals surface area contributed by atoms with Crippen LogP contribution in [0.3, 0.4) is 0 Å². The monoisotopic (exact) mass is 605 g/mol. The van der Waals surface area contributed by atoms with Gasteiger partial charge in [-0.15, -0.1) is 0 Å². The summed E-state index contributed by atoms with van der Waals surface area (Å²) in [5.74, 6) is -0.685. The fraction of sp³-hybridized carbons (Fsp3) is 0.606. The molecule has 238 valence electrons. The number of hydrogen-bond donors (Lipinski definition) is 3. The van der Waals surface area contributed by atoms with E-state index in [4.69, 9.17) is 0 Å². The SMILES string of the molecule is CCC(=O)N[C@H](Cc1ccc(NC(=O)[C@@H](NC(=O)c2ccnn2C)C2CCCCC2)cc1)C(=O)N1CCN2CCCC[C@@H]2C1. The molecular formula is C33H47N7O4. The minimum Gasteiger partial charge on any atom is -0.344 e. The predicted octanol–water partition coefficient (Wildman–Crippen LogP) is 2.87. The van der Waals surface area contributed by atoms with Crippen molar-refractivity contribution in [1.29, 1.82) is 0 Å². The zero-order valence-electron chi connectivity index (χ0n) is 26.1. The van der Waals surface area contributed by atoms with Crippen molar-refractivity contribution in [3.8, 4) is 0 Å². The molecule has 2 saturated heterocycles. The van der Waals surface area contributed by atoms with Gasteiger partial charge < -0.3 is 20.9 Å². The molecular weight excluding hydrogens is 558 g/mol. The van der Waals surface area contributed by atoms with Crippen LogP contribution < -0.4 is 16.0 Å². The first-order valence-electron chi connectivity index (χ1n) is 16.3. The van der Waals surface area contributed by atoms with Crippen LogP contribution in [0.2, 0.25) is 0 Å². The van der Waals surface area contributed by atoms with Gasteiger partial charge in [0.1, 0.15) is 17.8 Å². The van der Waals surface area contributed by atoms with Crippen molar-refractivity contribution in [2.45, 2.75) is 89.3 Å². The van der Waals surface area contributed by atoms with Gasteiger partial charge in [0.25, 0.3) is 5.91 Å². The van der Waals surface area contributed by atoms with Crippen LogP contribution in [0.1, 0.15) is 80.8 Å². The van der Waals surface area contributed by atoms with Crippen LogP contribution in [-0.2, 0) is 27.9 Å². The minimum atomic E-state index is -0.659. The van der Waals surface area contributed by atoms with Crippen LogP contribution in [0.15, 0.2) is 36.5 Å². The van der Waals surface area contributed by atoms with Gasteiger partial charge in [-0.05, 0) is 61.9 Å². The van der Waals surface area contributed by atoms with Crippen LogP contribution in [0.25, 0.3) is 0 Å². The first kappa shape index (κ1) is 31.7. The van der Waals surface area contributed by atoms with Gasteiger partial charge in [-0.25, -0.2) is 0 Å². The summed E-state index contributed by atoms with van der Waals surface area (Å²) in [7, 11) is 1.70. The third-order valence-corrected chi connectivity index (χ3v) is 9.51. The molecule has 44 heavy (non-hydrogen) atoms. The average molecular weight is 606 g/mol. The summed E-state index contributed by atoms with van der Waals surface area (Å²) in [6.45, 7) is 5.15. The number of benzene rings is 1. The predicted molar refractivity (Wildman–Crippen MR) is 168 cm³/mol. The number of fused-ring (bicyclic) bond motifs is 1. The molecule has 0 spiro atoms. The lowest BCUT2D eigenvalue weighted by molar-refractivity contribution is -0.139. The van der Waals surface area contributed by atoms with Crippen molar-refractivity contribution in [2.24, 2.45) is 13.0 Å². The molecule has 1 aromatic carbocycles. The Labute approximate surface area is 260 Å². The standard InChI is InChI=1S/C33H47N7O4/c1-3-29(41)36-27(33(44)40-20-19-39-18-8-7-11-26(39)22-40)21-23-12-14-25(15-13-23)35-32(43)30(24-9-5-4-6-10-24)37-31(42)28-16-17-34-38(28)2/h12-17,24,26-27,30H,3-11,18-22H2,1-2H3,(H,35,43)(H,36,41)(H,37,42)/t26-,27-,30+/m1/s1. The molecule has 3 fully saturated rings. The van der Waals surface area contributed by atoms with E-state index in [0.717, 1.165) is 57.2 Å². The van der Waals surface area contributed by atoms with Gasteiger partial charge in [0, 0.05) is 57.4 Å². The Bertz CT molecular complexity index is 1300. The van der Waals surface area contributed by atoms with Crippen molar-refractivity contribution in [1.82, 2.24) is 30.2 Å². The molecule has 0 unspecified atom stereocenters. The normalized spacial score (nSPS) is 20.7. The van der Waals surface area contributed by atoms with Gasteiger partial charge >= 0.3 is 0 Å². The van der Waals surface area contributed by atoms with Gasteiger partial charge in [-0.3, -0.25) is 28.8 Å². The molecule has 5 rings (SSSR count). The zero-order valence-corrected chi connectivity index (χ0v) is 26.1. The number of aromatic nitrogens is 2. The third kappa shape index (κ3) is 7.85. The number of nitrogens with one attached hydrogen (secondary N) is 3. The number of aryl methyl sites for hydroxylation is 1. The van der Waals surface area contributed by atoms with E-state index in [9.17, 15) is 19.2 Å². The Morgan fingerprint density at radius 3 is 2.36 bits per heavy atom. The molecule has 3 atom stereocenters. The number of nitrogens with zero attached hydrogens (tertiary/aromatic N) is 4. The smallest absolute Gasteiger partial charge is 0.270 e. The van der Waals surface area contributed by atoms with Crippen LogP contribution in [-0.4, -0.2) is 87.5 Å². The Hall–Kier alpha value is -3.73. The number of carbonyl (C=O) groups is 4. The highest BCUT2D eigenvalue weighted by Crippen LogP contribution is 2.28. The Kier molecular flexibility index (Phi) is 10.7. The van der Waals surface area contributed by atoms with Gasteiger partial charge in [0.05, 0.1) is 0 Å². The van der Waals surface area contributed by atoms with Crippen LogP contribution in [0, 0.1) is 5.92 Å². The zero-order chi connectivity index (χ0) is 31.1. The summed E-state index contributed by atoms with van der Waals surface area (Å²) >= 11 is 0. The number of rotatable bonds is 10. The molecule has 2 aromatic rings. The fourth-order valence-corrected chi connectivity index (χ4v) is 6.93. The molecule has 1 saturated carbocycles. The molecule has 3 aliphatic rings. The second-order valence-electron chi connectivity index (χ2n) is 12.5. The topological polar surface area (TPSA) is 129 Å². The van der Waals surface area contributed by atoms with E-state index >= 15 is 0 Å². The summed E-state index contributed by atoms with van der Waals surface area (Å²) in [4.78, 5) is 57.0. The first-order chi connectivity index (χ1) is 21.3. The van der Waals surface area contributed by atoms with E-state index in [0.29, 0.717) is 43.4 Å². The highest BCUT2D eigenvalue weighted by atomic mass is 16.2.